The lowest BCUT2D eigenvalue weighted by Gasteiger charge is -2.20. The van der Waals surface area contributed by atoms with E-state index in [4.69, 9.17) is 9.84 Å². The Bertz CT molecular complexity index is 116. The van der Waals surface area contributed by atoms with Crippen molar-refractivity contribution >= 4 is 6.09 Å². The molecule has 1 N–H and O–H groups in total. The third-order valence-electron chi connectivity index (χ3n) is 1.37. The Morgan fingerprint density at radius 2 is 2.30 bits per heavy atom. The van der Waals surface area contributed by atoms with Crippen molar-refractivity contribution in [2.24, 2.45) is 0 Å². The average molecular weight is 147 g/mol. The van der Waals surface area contributed by atoms with E-state index in [2.05, 4.69) is 0 Å². The molecule has 0 spiro atoms. The lowest BCUT2D eigenvalue weighted by atomic mass is 10.3. The van der Waals surface area contributed by atoms with Gasteiger partial charge in [0, 0.05) is 14.2 Å². The van der Waals surface area contributed by atoms with E-state index in [0.717, 1.165) is 0 Å². The summed E-state index contributed by atoms with van der Waals surface area (Å²) in [7, 11) is 3.07. The fourth-order valence-electron chi connectivity index (χ4n) is 0.542. The summed E-state index contributed by atoms with van der Waals surface area (Å²) in [4.78, 5) is 11.5. The second kappa shape index (κ2) is 4.11. The van der Waals surface area contributed by atoms with Crippen LogP contribution in [-0.4, -0.2) is 42.9 Å². The van der Waals surface area contributed by atoms with Crippen molar-refractivity contribution in [2.75, 3.05) is 20.8 Å². The van der Waals surface area contributed by atoms with Crippen molar-refractivity contribution in [1.29, 1.82) is 0 Å². The molecule has 0 rings (SSSR count). The van der Waals surface area contributed by atoms with Crippen molar-refractivity contribution in [1.82, 2.24) is 4.90 Å². The minimum Gasteiger partial charge on any atom is -0.465 e. The van der Waals surface area contributed by atoms with Crippen LogP contribution in [0.4, 0.5) is 4.79 Å². The molecule has 1 amide bonds. The average Bonchev–Trinajstić information content (AvgIpc) is 1.87. The highest BCUT2D eigenvalue weighted by atomic mass is 16.5. The Kier molecular flexibility index (Phi) is 3.79. The number of carboxylic acid groups (broad SMARTS) is 1. The molecule has 0 bridgehead atoms. The van der Waals surface area contributed by atoms with Gasteiger partial charge in [0.05, 0.1) is 12.6 Å². The lowest BCUT2D eigenvalue weighted by Crippen LogP contribution is -2.36. The van der Waals surface area contributed by atoms with Gasteiger partial charge in [-0.05, 0) is 6.92 Å². The lowest BCUT2D eigenvalue weighted by molar-refractivity contribution is 0.0992. The Balaban J connectivity index is 3.69. The normalized spacial score (nSPS) is 12.7. The highest BCUT2D eigenvalue weighted by Crippen LogP contribution is 1.94. The van der Waals surface area contributed by atoms with Gasteiger partial charge in [0.2, 0.25) is 0 Å². The maximum absolute atomic E-state index is 10.3. The van der Waals surface area contributed by atoms with Crippen LogP contribution >= 0.6 is 0 Å². The Labute approximate surface area is 60.4 Å². The number of hydrogen-bond donors (Lipinski definition) is 1. The zero-order valence-electron chi connectivity index (χ0n) is 6.50. The van der Waals surface area contributed by atoms with Crippen molar-refractivity contribution in [3.8, 4) is 0 Å². The second-order valence-electron chi connectivity index (χ2n) is 2.20. The predicted molar refractivity (Wildman–Crippen MR) is 37.1 cm³/mol. The molecule has 0 aliphatic heterocycles. The van der Waals surface area contributed by atoms with Gasteiger partial charge in [-0.2, -0.15) is 0 Å². The van der Waals surface area contributed by atoms with E-state index in [0.29, 0.717) is 6.61 Å². The quantitative estimate of drug-likeness (QED) is 0.637. The fraction of sp³-hybridized carbons (Fsp3) is 0.833. The molecule has 0 saturated carbocycles. The molecule has 1 unspecified atom stereocenters. The molecule has 0 radical (unpaired) electrons. The minimum atomic E-state index is -0.926. The van der Waals surface area contributed by atoms with Gasteiger partial charge < -0.3 is 14.7 Å². The Morgan fingerprint density at radius 3 is 2.60 bits per heavy atom. The van der Waals surface area contributed by atoms with Gasteiger partial charge in [-0.25, -0.2) is 4.79 Å². The molecule has 0 heterocycles. The molecule has 4 nitrogen and oxygen atoms in total. The van der Waals surface area contributed by atoms with Gasteiger partial charge in [0.25, 0.3) is 0 Å². The van der Waals surface area contributed by atoms with E-state index in [-0.39, 0.29) is 6.04 Å². The summed E-state index contributed by atoms with van der Waals surface area (Å²) in [6, 6.07) is -0.0810. The minimum absolute atomic E-state index is 0.0810. The molecule has 0 aromatic carbocycles. The molecule has 0 aromatic rings. The van der Waals surface area contributed by atoms with Crippen LogP contribution in [0.5, 0.6) is 0 Å². The molecule has 0 aliphatic carbocycles. The first-order valence-corrected chi connectivity index (χ1v) is 3.04. The maximum atomic E-state index is 10.3. The number of carbonyl (C=O) groups is 1. The van der Waals surface area contributed by atoms with Gasteiger partial charge in [-0.3, -0.25) is 0 Å². The van der Waals surface area contributed by atoms with E-state index < -0.39 is 6.09 Å². The van der Waals surface area contributed by atoms with E-state index in [9.17, 15) is 4.79 Å². The standard InChI is InChI=1S/C6H13NO3/c1-5(4-10-3)7(2)6(8)9/h5H,4H2,1-3H3,(H,8,9). The van der Waals surface area contributed by atoms with Crippen LogP contribution in [0.3, 0.4) is 0 Å². The third-order valence-corrected chi connectivity index (χ3v) is 1.37. The molecule has 4 heteroatoms. The number of rotatable bonds is 3. The first kappa shape index (κ1) is 9.23. The van der Waals surface area contributed by atoms with E-state index >= 15 is 0 Å². The number of amides is 1. The molecule has 0 fully saturated rings. The molecular weight excluding hydrogens is 134 g/mol. The molecular formula is C6H13NO3. The largest absolute Gasteiger partial charge is 0.465 e. The van der Waals surface area contributed by atoms with Gasteiger partial charge >= 0.3 is 6.09 Å². The molecule has 0 saturated heterocycles. The van der Waals surface area contributed by atoms with Crippen LogP contribution in [0.1, 0.15) is 6.92 Å². The monoisotopic (exact) mass is 147 g/mol. The van der Waals surface area contributed by atoms with Crippen molar-refractivity contribution in [3.63, 3.8) is 0 Å². The van der Waals surface area contributed by atoms with Crippen molar-refractivity contribution < 1.29 is 14.6 Å². The zero-order chi connectivity index (χ0) is 8.15. The van der Waals surface area contributed by atoms with Crippen LogP contribution in [0.15, 0.2) is 0 Å². The van der Waals surface area contributed by atoms with Crippen LogP contribution in [-0.2, 0) is 4.74 Å². The summed E-state index contributed by atoms with van der Waals surface area (Å²) in [5.41, 5.74) is 0. The summed E-state index contributed by atoms with van der Waals surface area (Å²) in [5, 5.41) is 8.45. The first-order valence-electron chi connectivity index (χ1n) is 3.04. The molecule has 10 heavy (non-hydrogen) atoms. The summed E-state index contributed by atoms with van der Waals surface area (Å²) < 4.78 is 4.77. The zero-order valence-corrected chi connectivity index (χ0v) is 6.50. The van der Waals surface area contributed by atoms with Gasteiger partial charge in [-0.15, -0.1) is 0 Å². The van der Waals surface area contributed by atoms with Crippen molar-refractivity contribution in [2.45, 2.75) is 13.0 Å². The Morgan fingerprint density at radius 1 is 1.80 bits per heavy atom. The first-order chi connectivity index (χ1) is 4.59. The smallest absolute Gasteiger partial charge is 0.407 e. The number of ether oxygens (including phenoxy) is 1. The third kappa shape index (κ3) is 2.68. The second-order valence-corrected chi connectivity index (χ2v) is 2.20. The van der Waals surface area contributed by atoms with Crippen LogP contribution in [0, 0.1) is 0 Å². The highest BCUT2D eigenvalue weighted by Gasteiger charge is 2.12. The van der Waals surface area contributed by atoms with Gasteiger partial charge in [-0.1, -0.05) is 0 Å². The topological polar surface area (TPSA) is 49.8 Å². The number of nitrogens with zero attached hydrogens (tertiary/aromatic N) is 1. The summed E-state index contributed by atoms with van der Waals surface area (Å²) in [5.74, 6) is 0. The van der Waals surface area contributed by atoms with Crippen LogP contribution < -0.4 is 0 Å². The van der Waals surface area contributed by atoms with E-state index in [1.165, 1.54) is 11.9 Å². The number of methoxy groups -OCH3 is 1. The number of hydrogen-bond acceptors (Lipinski definition) is 2. The predicted octanol–water partition coefficient (Wildman–Crippen LogP) is 0.631. The summed E-state index contributed by atoms with van der Waals surface area (Å²) >= 11 is 0. The highest BCUT2D eigenvalue weighted by molar-refractivity contribution is 5.64. The summed E-state index contributed by atoms with van der Waals surface area (Å²) in [6.45, 7) is 2.22. The fourth-order valence-corrected chi connectivity index (χ4v) is 0.542. The van der Waals surface area contributed by atoms with E-state index in [1.54, 1.807) is 14.0 Å². The molecule has 1 atom stereocenters. The Hall–Kier alpha value is -0.770. The van der Waals surface area contributed by atoms with Crippen LogP contribution in [0.25, 0.3) is 0 Å². The van der Waals surface area contributed by atoms with Crippen molar-refractivity contribution in [3.05, 3.63) is 0 Å². The van der Waals surface area contributed by atoms with Crippen LogP contribution in [0.2, 0.25) is 0 Å². The van der Waals surface area contributed by atoms with E-state index in [1.807, 2.05) is 0 Å². The van der Waals surface area contributed by atoms with Gasteiger partial charge in [0.15, 0.2) is 0 Å². The summed E-state index contributed by atoms with van der Waals surface area (Å²) in [6.07, 6.45) is -0.926. The molecule has 0 aromatic heterocycles. The van der Waals surface area contributed by atoms with Gasteiger partial charge in [0.1, 0.15) is 0 Å². The SMILES string of the molecule is COCC(C)N(C)C(=O)O. The number of likely N-dealkylation sites (N-methyl/N-ethyl adjacent to an activating group) is 1. The molecule has 60 valence electrons. The molecule has 0 aliphatic rings. The maximum Gasteiger partial charge on any atom is 0.407 e.